The molecule has 0 fully saturated rings. The molecule has 4 rings (SSSR count). The summed E-state index contributed by atoms with van der Waals surface area (Å²) in [7, 11) is 4.64. The van der Waals surface area contributed by atoms with Crippen molar-refractivity contribution < 1.29 is 24.4 Å². The van der Waals surface area contributed by atoms with E-state index in [-0.39, 0.29) is 17.4 Å². The first-order chi connectivity index (χ1) is 12.1. The average Bonchev–Trinajstić information content (AvgIpc) is 2.61. The Morgan fingerprint density at radius 1 is 0.920 bits per heavy atom. The highest BCUT2D eigenvalue weighted by molar-refractivity contribution is 5.63. The lowest BCUT2D eigenvalue weighted by Crippen LogP contribution is -2.38. The fourth-order valence-corrected chi connectivity index (χ4v) is 4.03. The van der Waals surface area contributed by atoms with Crippen LogP contribution in [0.25, 0.3) is 0 Å². The van der Waals surface area contributed by atoms with Crippen molar-refractivity contribution in [3.63, 3.8) is 0 Å². The molecule has 2 aromatic rings. The second kappa shape index (κ2) is 5.74. The second-order valence-corrected chi connectivity index (χ2v) is 6.47. The maximum absolute atomic E-state index is 10.7. The molecule has 2 aliphatic rings. The zero-order chi connectivity index (χ0) is 17.7. The van der Waals surface area contributed by atoms with Gasteiger partial charge in [0.2, 0.25) is 5.75 Å². The number of methoxy groups -OCH3 is 3. The molecular formula is C19H21NO5. The standard InChI is InChI=1S/C19H21NO5/c1-23-16-5-11-10(4-15(16)21)7-20-8-13(11)12-6-17(24-2)19(25-3)18(22)14(12)9-20/h4-6,13,21-22H,7-9H2,1-3H3. The van der Waals surface area contributed by atoms with Gasteiger partial charge < -0.3 is 24.4 Å². The predicted octanol–water partition coefficient (Wildman–Crippen LogP) is 2.58. The summed E-state index contributed by atoms with van der Waals surface area (Å²) in [5.41, 5.74) is 4.08. The van der Waals surface area contributed by atoms with Gasteiger partial charge in [0.1, 0.15) is 0 Å². The molecule has 0 amide bonds. The van der Waals surface area contributed by atoms with E-state index in [1.165, 1.54) is 7.11 Å². The van der Waals surface area contributed by atoms with Gasteiger partial charge in [-0.25, -0.2) is 0 Å². The van der Waals surface area contributed by atoms with Crippen LogP contribution in [0.4, 0.5) is 0 Å². The fraction of sp³-hybridized carbons (Fsp3) is 0.368. The highest BCUT2D eigenvalue weighted by atomic mass is 16.5. The van der Waals surface area contributed by atoms with E-state index in [2.05, 4.69) is 4.90 Å². The van der Waals surface area contributed by atoms with Crippen LogP contribution < -0.4 is 14.2 Å². The van der Waals surface area contributed by atoms with Gasteiger partial charge in [-0.1, -0.05) is 0 Å². The molecule has 2 aromatic carbocycles. The molecule has 0 saturated carbocycles. The summed E-state index contributed by atoms with van der Waals surface area (Å²) in [4.78, 5) is 2.26. The van der Waals surface area contributed by atoms with Crippen LogP contribution >= 0.6 is 0 Å². The van der Waals surface area contributed by atoms with E-state index >= 15 is 0 Å². The summed E-state index contributed by atoms with van der Waals surface area (Å²) in [6.45, 7) is 2.20. The van der Waals surface area contributed by atoms with Crippen molar-refractivity contribution in [2.24, 2.45) is 0 Å². The van der Waals surface area contributed by atoms with Gasteiger partial charge >= 0.3 is 0 Å². The Balaban J connectivity index is 1.92. The Labute approximate surface area is 146 Å². The Morgan fingerprint density at radius 3 is 2.32 bits per heavy atom. The van der Waals surface area contributed by atoms with Gasteiger partial charge in [-0.15, -0.1) is 0 Å². The van der Waals surface area contributed by atoms with E-state index in [9.17, 15) is 10.2 Å². The van der Waals surface area contributed by atoms with E-state index in [4.69, 9.17) is 14.2 Å². The van der Waals surface area contributed by atoms with E-state index in [0.29, 0.717) is 23.8 Å². The Bertz CT molecular complexity index is 848. The predicted molar refractivity (Wildman–Crippen MR) is 91.8 cm³/mol. The van der Waals surface area contributed by atoms with Crippen molar-refractivity contribution in [3.8, 4) is 28.7 Å². The molecule has 0 radical (unpaired) electrons. The Morgan fingerprint density at radius 2 is 1.64 bits per heavy atom. The molecule has 0 saturated heterocycles. The van der Waals surface area contributed by atoms with Crippen molar-refractivity contribution >= 4 is 0 Å². The average molecular weight is 343 g/mol. The molecule has 2 bridgehead atoms. The number of hydrogen-bond donors (Lipinski definition) is 2. The molecule has 0 spiro atoms. The third-order valence-corrected chi connectivity index (χ3v) is 5.19. The smallest absolute Gasteiger partial charge is 0.203 e. The van der Waals surface area contributed by atoms with Crippen LogP contribution in [-0.2, 0) is 13.1 Å². The minimum Gasteiger partial charge on any atom is -0.504 e. The largest absolute Gasteiger partial charge is 0.504 e. The number of fused-ring (bicyclic) bond motifs is 6. The summed E-state index contributed by atoms with van der Waals surface area (Å²) in [6, 6.07) is 5.62. The molecular weight excluding hydrogens is 322 g/mol. The SMILES string of the molecule is COc1cc2c(cc1O)CN1Cc3c(cc(OC)c(OC)c3O)C2C1. The first-order valence-corrected chi connectivity index (χ1v) is 8.16. The molecule has 2 N–H and O–H groups in total. The molecule has 25 heavy (non-hydrogen) atoms. The van der Waals surface area contributed by atoms with Gasteiger partial charge in [0, 0.05) is 31.1 Å². The number of aromatic hydroxyl groups is 2. The number of phenols is 2. The number of benzene rings is 2. The minimum atomic E-state index is 0.0766. The fourth-order valence-electron chi connectivity index (χ4n) is 4.03. The summed E-state index contributed by atoms with van der Waals surface area (Å²) in [5, 5.41) is 20.8. The molecule has 2 aliphatic heterocycles. The van der Waals surface area contributed by atoms with Gasteiger partial charge in [-0.05, 0) is 34.9 Å². The topological polar surface area (TPSA) is 71.4 Å². The van der Waals surface area contributed by atoms with Gasteiger partial charge in [-0.3, -0.25) is 4.90 Å². The normalized spacial score (nSPS) is 20.4. The molecule has 2 heterocycles. The summed E-state index contributed by atoms with van der Waals surface area (Å²) >= 11 is 0. The molecule has 0 aliphatic carbocycles. The monoisotopic (exact) mass is 343 g/mol. The molecule has 6 nitrogen and oxygen atoms in total. The van der Waals surface area contributed by atoms with Gasteiger partial charge in [0.15, 0.2) is 23.0 Å². The minimum absolute atomic E-state index is 0.0766. The van der Waals surface area contributed by atoms with Crippen molar-refractivity contribution in [1.29, 1.82) is 0 Å². The summed E-state index contributed by atoms with van der Waals surface area (Å²) < 4.78 is 16.0. The highest BCUT2D eigenvalue weighted by Gasteiger charge is 2.36. The van der Waals surface area contributed by atoms with E-state index < -0.39 is 0 Å². The molecule has 2 unspecified atom stereocenters. The van der Waals surface area contributed by atoms with Gasteiger partial charge in [0.25, 0.3) is 0 Å². The Hall–Kier alpha value is -2.60. The second-order valence-electron chi connectivity index (χ2n) is 6.47. The number of rotatable bonds is 3. The van der Waals surface area contributed by atoms with Crippen LogP contribution in [0.1, 0.15) is 28.2 Å². The quantitative estimate of drug-likeness (QED) is 0.893. The molecule has 132 valence electrons. The molecule has 0 aromatic heterocycles. The molecule has 2 atom stereocenters. The maximum Gasteiger partial charge on any atom is 0.203 e. The van der Waals surface area contributed by atoms with Crippen molar-refractivity contribution in [2.75, 3.05) is 27.9 Å². The van der Waals surface area contributed by atoms with Crippen molar-refractivity contribution in [1.82, 2.24) is 4.90 Å². The van der Waals surface area contributed by atoms with E-state index in [0.717, 1.165) is 35.3 Å². The maximum atomic E-state index is 10.7. The third kappa shape index (κ3) is 2.28. The third-order valence-electron chi connectivity index (χ3n) is 5.19. The lowest BCUT2D eigenvalue weighted by Gasteiger charge is -2.41. The zero-order valence-electron chi connectivity index (χ0n) is 14.5. The van der Waals surface area contributed by atoms with Crippen molar-refractivity contribution in [3.05, 3.63) is 40.5 Å². The van der Waals surface area contributed by atoms with Crippen LogP contribution in [0, 0.1) is 0 Å². The number of hydrogen-bond acceptors (Lipinski definition) is 6. The van der Waals surface area contributed by atoms with Gasteiger partial charge in [-0.2, -0.15) is 0 Å². The molecule has 6 heteroatoms. The van der Waals surface area contributed by atoms with E-state index in [1.54, 1.807) is 20.3 Å². The first-order valence-electron chi connectivity index (χ1n) is 8.16. The van der Waals surface area contributed by atoms with Crippen molar-refractivity contribution in [2.45, 2.75) is 19.0 Å². The zero-order valence-corrected chi connectivity index (χ0v) is 14.5. The van der Waals surface area contributed by atoms with Gasteiger partial charge in [0.05, 0.1) is 21.3 Å². The van der Waals surface area contributed by atoms with Crippen LogP contribution in [-0.4, -0.2) is 43.0 Å². The van der Waals surface area contributed by atoms with Crippen LogP contribution in [0.2, 0.25) is 0 Å². The number of phenolic OH excluding ortho intramolecular Hbond substituents is 2. The van der Waals surface area contributed by atoms with Crippen LogP contribution in [0.15, 0.2) is 18.2 Å². The summed E-state index contributed by atoms with van der Waals surface area (Å²) in [6.07, 6.45) is 0. The summed E-state index contributed by atoms with van der Waals surface area (Å²) in [5.74, 6) is 1.71. The lowest BCUT2D eigenvalue weighted by molar-refractivity contribution is 0.208. The van der Waals surface area contributed by atoms with Crippen LogP contribution in [0.5, 0.6) is 28.7 Å². The highest BCUT2D eigenvalue weighted by Crippen LogP contribution is 2.50. The number of nitrogens with zero attached hydrogens (tertiary/aromatic N) is 1. The lowest BCUT2D eigenvalue weighted by atomic mass is 9.79. The van der Waals surface area contributed by atoms with E-state index in [1.807, 2.05) is 12.1 Å². The number of ether oxygens (including phenoxy) is 3. The first kappa shape index (κ1) is 15.9. The van der Waals surface area contributed by atoms with Crippen LogP contribution in [0.3, 0.4) is 0 Å². The Kier molecular flexibility index (Phi) is 3.65.